The van der Waals surface area contributed by atoms with Crippen molar-refractivity contribution >= 4 is 17.3 Å². The average Bonchev–Trinajstić information content (AvgIpc) is 2.45. The van der Waals surface area contributed by atoms with Gasteiger partial charge in [0.05, 0.1) is 5.69 Å². The largest absolute Gasteiger partial charge is 0.337 e. The van der Waals surface area contributed by atoms with Crippen LogP contribution >= 0.6 is 0 Å². The van der Waals surface area contributed by atoms with E-state index in [-0.39, 0.29) is 5.69 Å². The molecule has 20 heavy (non-hydrogen) atoms. The van der Waals surface area contributed by atoms with Gasteiger partial charge in [0.15, 0.2) is 11.6 Å². The molecule has 106 valence electrons. The van der Waals surface area contributed by atoms with E-state index in [9.17, 15) is 8.78 Å². The molecule has 2 aromatic rings. The second kappa shape index (κ2) is 5.79. The summed E-state index contributed by atoms with van der Waals surface area (Å²) in [7, 11) is 0. The first-order valence-electron chi connectivity index (χ1n) is 6.12. The molecule has 0 amide bonds. The maximum atomic E-state index is 13.7. The lowest BCUT2D eigenvalue weighted by Gasteiger charge is -2.13. The van der Waals surface area contributed by atoms with Crippen LogP contribution in [0.1, 0.15) is 18.3 Å². The number of hydrogen-bond donors (Lipinski definition) is 3. The number of anilines is 3. The van der Waals surface area contributed by atoms with Gasteiger partial charge < -0.3 is 10.7 Å². The second-order valence-corrected chi connectivity index (χ2v) is 4.19. The highest BCUT2D eigenvalue weighted by molar-refractivity contribution is 5.64. The number of hydrogen-bond acceptors (Lipinski definition) is 5. The molecule has 0 aliphatic carbocycles. The van der Waals surface area contributed by atoms with Crippen molar-refractivity contribution in [3.05, 3.63) is 41.2 Å². The van der Waals surface area contributed by atoms with Crippen molar-refractivity contribution in [2.75, 3.05) is 10.7 Å². The van der Waals surface area contributed by atoms with Crippen molar-refractivity contribution in [1.29, 1.82) is 0 Å². The molecular formula is C13H15F2N5. The fourth-order valence-electron chi connectivity index (χ4n) is 1.71. The van der Waals surface area contributed by atoms with Crippen molar-refractivity contribution in [2.45, 2.75) is 20.3 Å². The van der Waals surface area contributed by atoms with E-state index in [0.29, 0.717) is 29.4 Å². The van der Waals surface area contributed by atoms with Crippen LogP contribution < -0.4 is 16.6 Å². The summed E-state index contributed by atoms with van der Waals surface area (Å²) >= 11 is 0. The maximum absolute atomic E-state index is 13.7. The summed E-state index contributed by atoms with van der Waals surface area (Å²) in [5.74, 6) is 4.88. The number of aromatic nitrogens is 2. The fourth-order valence-corrected chi connectivity index (χ4v) is 1.71. The molecule has 0 radical (unpaired) electrons. The average molecular weight is 279 g/mol. The van der Waals surface area contributed by atoms with E-state index in [1.807, 2.05) is 6.92 Å². The highest BCUT2D eigenvalue weighted by Gasteiger charge is 2.13. The summed E-state index contributed by atoms with van der Waals surface area (Å²) in [5, 5.41) is 2.77. The van der Waals surface area contributed by atoms with Crippen molar-refractivity contribution in [3.63, 3.8) is 0 Å². The Morgan fingerprint density at radius 2 is 1.90 bits per heavy atom. The topological polar surface area (TPSA) is 75.9 Å². The zero-order valence-electron chi connectivity index (χ0n) is 11.2. The number of nitrogens with one attached hydrogen (secondary N) is 2. The van der Waals surface area contributed by atoms with E-state index in [2.05, 4.69) is 20.7 Å². The predicted octanol–water partition coefficient (Wildman–Crippen LogP) is 2.65. The number of halogens is 2. The third kappa shape index (κ3) is 2.67. The lowest BCUT2D eigenvalue weighted by molar-refractivity contribution is 0.511. The lowest BCUT2D eigenvalue weighted by Crippen LogP contribution is -2.14. The Bertz CT molecular complexity index is 630. The molecule has 0 unspecified atom stereocenters. The number of rotatable bonds is 4. The third-order valence-electron chi connectivity index (χ3n) is 2.85. The quantitative estimate of drug-likeness (QED) is 0.592. The molecule has 4 N–H and O–H groups in total. The molecule has 0 saturated heterocycles. The second-order valence-electron chi connectivity index (χ2n) is 4.19. The van der Waals surface area contributed by atoms with Gasteiger partial charge in [0, 0.05) is 12.0 Å². The van der Waals surface area contributed by atoms with Gasteiger partial charge in [-0.05, 0) is 19.1 Å². The summed E-state index contributed by atoms with van der Waals surface area (Å²) in [6.07, 6.45) is 0.593. The fraction of sp³-hybridized carbons (Fsp3) is 0.231. The van der Waals surface area contributed by atoms with Crippen LogP contribution in [0.2, 0.25) is 0 Å². The Morgan fingerprint density at radius 3 is 2.55 bits per heavy atom. The predicted molar refractivity (Wildman–Crippen MR) is 73.6 cm³/mol. The molecule has 1 aromatic heterocycles. The van der Waals surface area contributed by atoms with Crippen LogP contribution in [0, 0.1) is 18.6 Å². The standard InChI is InChI=1S/C13H15F2N5/c1-3-10-18-12(7(2)13(19-10)20-16)17-9-6-4-5-8(14)11(9)15/h4-6H,3,16H2,1-2H3,(H2,17,18,19,20). The molecule has 0 saturated carbocycles. The van der Waals surface area contributed by atoms with E-state index in [4.69, 9.17) is 5.84 Å². The first kappa shape index (κ1) is 14.1. The maximum Gasteiger partial charge on any atom is 0.182 e. The summed E-state index contributed by atoms with van der Waals surface area (Å²) in [4.78, 5) is 8.46. The highest BCUT2D eigenvalue weighted by Crippen LogP contribution is 2.25. The minimum atomic E-state index is -0.953. The van der Waals surface area contributed by atoms with Crippen molar-refractivity contribution in [2.24, 2.45) is 5.84 Å². The Morgan fingerprint density at radius 1 is 1.20 bits per heavy atom. The van der Waals surface area contributed by atoms with Crippen LogP contribution in [0.4, 0.5) is 26.1 Å². The minimum absolute atomic E-state index is 0.0109. The normalized spacial score (nSPS) is 10.4. The molecule has 0 atom stereocenters. The van der Waals surface area contributed by atoms with Crippen molar-refractivity contribution < 1.29 is 8.78 Å². The Kier molecular flexibility index (Phi) is 4.09. The van der Waals surface area contributed by atoms with E-state index < -0.39 is 11.6 Å². The molecule has 0 bridgehead atoms. The molecule has 5 nitrogen and oxygen atoms in total. The first-order chi connectivity index (χ1) is 9.56. The van der Waals surface area contributed by atoms with E-state index in [1.54, 1.807) is 6.92 Å². The van der Waals surface area contributed by atoms with Crippen molar-refractivity contribution in [3.8, 4) is 0 Å². The van der Waals surface area contributed by atoms with Crippen LogP contribution in [0.25, 0.3) is 0 Å². The summed E-state index contributed by atoms with van der Waals surface area (Å²) in [6, 6.07) is 3.90. The smallest absolute Gasteiger partial charge is 0.182 e. The lowest BCUT2D eigenvalue weighted by atomic mass is 10.2. The van der Waals surface area contributed by atoms with Crippen LogP contribution in [0.5, 0.6) is 0 Å². The van der Waals surface area contributed by atoms with Crippen LogP contribution in [-0.2, 0) is 6.42 Å². The van der Waals surface area contributed by atoms with Gasteiger partial charge >= 0.3 is 0 Å². The number of nitrogens with two attached hydrogens (primary N) is 1. The van der Waals surface area contributed by atoms with Crippen LogP contribution in [0.3, 0.4) is 0 Å². The van der Waals surface area contributed by atoms with E-state index >= 15 is 0 Å². The molecule has 0 spiro atoms. The number of benzene rings is 1. The zero-order chi connectivity index (χ0) is 14.7. The number of aryl methyl sites for hydroxylation is 1. The molecule has 0 aliphatic heterocycles. The van der Waals surface area contributed by atoms with Crippen molar-refractivity contribution in [1.82, 2.24) is 9.97 Å². The van der Waals surface area contributed by atoms with Gasteiger partial charge in [-0.2, -0.15) is 0 Å². The van der Waals surface area contributed by atoms with E-state index in [0.717, 1.165) is 6.07 Å². The van der Waals surface area contributed by atoms with Gasteiger partial charge in [-0.25, -0.2) is 24.6 Å². The molecule has 7 heteroatoms. The van der Waals surface area contributed by atoms with E-state index in [1.165, 1.54) is 12.1 Å². The first-order valence-corrected chi connectivity index (χ1v) is 6.12. The number of nitrogens with zero attached hydrogens (tertiary/aromatic N) is 2. The summed E-state index contributed by atoms with van der Waals surface area (Å²) in [5.41, 5.74) is 3.09. The van der Waals surface area contributed by atoms with Gasteiger partial charge in [-0.15, -0.1) is 0 Å². The molecule has 1 heterocycles. The van der Waals surface area contributed by atoms with Gasteiger partial charge in [0.1, 0.15) is 17.5 Å². The molecule has 0 fully saturated rings. The molecule has 1 aromatic carbocycles. The monoisotopic (exact) mass is 279 g/mol. The Labute approximate surface area is 115 Å². The zero-order valence-corrected chi connectivity index (χ0v) is 11.2. The molecule has 0 aliphatic rings. The van der Waals surface area contributed by atoms with Gasteiger partial charge in [0.2, 0.25) is 0 Å². The van der Waals surface area contributed by atoms with Crippen LogP contribution in [-0.4, -0.2) is 9.97 Å². The Hall–Kier alpha value is -2.28. The minimum Gasteiger partial charge on any atom is -0.337 e. The number of hydrazine groups is 1. The van der Waals surface area contributed by atoms with Crippen LogP contribution in [0.15, 0.2) is 18.2 Å². The van der Waals surface area contributed by atoms with Gasteiger partial charge in [-0.3, -0.25) is 0 Å². The van der Waals surface area contributed by atoms with Gasteiger partial charge in [-0.1, -0.05) is 13.0 Å². The molecule has 2 rings (SSSR count). The summed E-state index contributed by atoms with van der Waals surface area (Å²) < 4.78 is 26.9. The SMILES string of the molecule is CCc1nc(NN)c(C)c(Nc2cccc(F)c2F)n1. The summed E-state index contributed by atoms with van der Waals surface area (Å²) in [6.45, 7) is 3.62. The van der Waals surface area contributed by atoms with Gasteiger partial charge in [0.25, 0.3) is 0 Å². The third-order valence-corrected chi connectivity index (χ3v) is 2.85. The number of nitrogen functional groups attached to an aromatic ring is 1. The highest BCUT2D eigenvalue weighted by atomic mass is 19.2. The Balaban J connectivity index is 2.45. The molecular weight excluding hydrogens is 264 g/mol.